The molecule has 1 atom stereocenters. The molecule has 0 aliphatic carbocycles. The van der Waals surface area contributed by atoms with Crippen molar-refractivity contribution >= 4 is 22.6 Å². The smallest absolute Gasteiger partial charge is 0.411 e. The first kappa shape index (κ1) is 12.4. The third-order valence-corrected chi connectivity index (χ3v) is 2.91. The topological polar surface area (TPSA) is 38.3 Å². The SMILES string of the molecule is CC[C@@H](C)OC(=O)Nc1cccc2ccccc12. The van der Waals surface area contributed by atoms with Gasteiger partial charge in [-0.15, -0.1) is 0 Å². The highest BCUT2D eigenvalue weighted by molar-refractivity contribution is 6.00. The lowest BCUT2D eigenvalue weighted by Gasteiger charge is -2.13. The van der Waals surface area contributed by atoms with Crippen LogP contribution >= 0.6 is 0 Å². The van der Waals surface area contributed by atoms with Crippen LogP contribution in [0.4, 0.5) is 10.5 Å². The minimum absolute atomic E-state index is 0.0695. The van der Waals surface area contributed by atoms with E-state index in [-0.39, 0.29) is 6.10 Å². The summed E-state index contributed by atoms with van der Waals surface area (Å²) in [6, 6.07) is 13.7. The highest BCUT2D eigenvalue weighted by atomic mass is 16.6. The van der Waals surface area contributed by atoms with Gasteiger partial charge in [0.2, 0.25) is 0 Å². The van der Waals surface area contributed by atoms with Crippen LogP contribution in [0.2, 0.25) is 0 Å². The number of fused-ring (bicyclic) bond motifs is 1. The van der Waals surface area contributed by atoms with Gasteiger partial charge >= 0.3 is 6.09 Å². The molecule has 18 heavy (non-hydrogen) atoms. The summed E-state index contributed by atoms with van der Waals surface area (Å²) in [5.41, 5.74) is 0.779. The van der Waals surface area contributed by atoms with Crippen LogP contribution in [0, 0.1) is 0 Å². The predicted molar refractivity (Wildman–Crippen MR) is 73.8 cm³/mol. The van der Waals surface area contributed by atoms with Crippen molar-refractivity contribution < 1.29 is 9.53 Å². The lowest BCUT2D eigenvalue weighted by atomic mass is 10.1. The molecule has 3 heteroatoms. The Labute approximate surface area is 107 Å². The van der Waals surface area contributed by atoms with E-state index in [2.05, 4.69) is 5.32 Å². The van der Waals surface area contributed by atoms with Crippen molar-refractivity contribution in [2.45, 2.75) is 26.4 Å². The quantitative estimate of drug-likeness (QED) is 0.877. The van der Waals surface area contributed by atoms with E-state index in [9.17, 15) is 4.79 Å². The highest BCUT2D eigenvalue weighted by Gasteiger charge is 2.09. The second-order valence-electron chi connectivity index (χ2n) is 4.28. The van der Waals surface area contributed by atoms with Gasteiger partial charge in [0.1, 0.15) is 6.10 Å². The summed E-state index contributed by atoms with van der Waals surface area (Å²) in [5.74, 6) is 0. The summed E-state index contributed by atoms with van der Waals surface area (Å²) in [6.45, 7) is 3.86. The average molecular weight is 243 g/mol. The van der Waals surface area contributed by atoms with Crippen molar-refractivity contribution in [3.8, 4) is 0 Å². The Balaban J connectivity index is 2.19. The molecule has 0 heterocycles. The Morgan fingerprint density at radius 3 is 2.72 bits per heavy atom. The molecule has 0 aliphatic heterocycles. The number of ether oxygens (including phenoxy) is 1. The summed E-state index contributed by atoms with van der Waals surface area (Å²) < 4.78 is 5.20. The number of amides is 1. The monoisotopic (exact) mass is 243 g/mol. The van der Waals surface area contributed by atoms with E-state index in [1.807, 2.05) is 56.3 Å². The largest absolute Gasteiger partial charge is 0.446 e. The molecular formula is C15H17NO2. The fourth-order valence-electron chi connectivity index (χ4n) is 1.74. The number of benzene rings is 2. The van der Waals surface area contributed by atoms with E-state index in [1.54, 1.807) is 0 Å². The number of carbonyl (C=O) groups excluding carboxylic acids is 1. The maximum atomic E-state index is 11.7. The van der Waals surface area contributed by atoms with Gasteiger partial charge in [0.05, 0.1) is 5.69 Å². The summed E-state index contributed by atoms with van der Waals surface area (Å²) in [5, 5.41) is 4.90. The summed E-state index contributed by atoms with van der Waals surface area (Å²) in [4.78, 5) is 11.7. The Bertz CT molecular complexity index is 546. The zero-order valence-corrected chi connectivity index (χ0v) is 10.6. The third kappa shape index (κ3) is 2.80. The molecule has 0 radical (unpaired) electrons. The fraction of sp³-hybridized carbons (Fsp3) is 0.267. The minimum atomic E-state index is -0.402. The molecule has 0 spiro atoms. The van der Waals surface area contributed by atoms with Crippen LogP contribution in [0.5, 0.6) is 0 Å². The third-order valence-electron chi connectivity index (χ3n) is 2.91. The van der Waals surface area contributed by atoms with Crippen LogP contribution in [0.3, 0.4) is 0 Å². The van der Waals surface area contributed by atoms with Crippen molar-refractivity contribution in [3.05, 3.63) is 42.5 Å². The Kier molecular flexibility index (Phi) is 3.82. The fourth-order valence-corrected chi connectivity index (χ4v) is 1.74. The zero-order chi connectivity index (χ0) is 13.0. The number of nitrogens with one attached hydrogen (secondary N) is 1. The number of hydrogen-bond acceptors (Lipinski definition) is 2. The highest BCUT2D eigenvalue weighted by Crippen LogP contribution is 2.23. The molecule has 3 nitrogen and oxygen atoms in total. The van der Waals surface area contributed by atoms with Gasteiger partial charge < -0.3 is 4.74 Å². The van der Waals surface area contributed by atoms with Crippen LogP contribution in [-0.2, 0) is 4.74 Å². The van der Waals surface area contributed by atoms with Crippen LogP contribution < -0.4 is 5.32 Å². The van der Waals surface area contributed by atoms with Gasteiger partial charge in [0.25, 0.3) is 0 Å². The molecule has 0 saturated carbocycles. The Morgan fingerprint density at radius 1 is 1.22 bits per heavy atom. The maximum absolute atomic E-state index is 11.7. The van der Waals surface area contributed by atoms with Crippen LogP contribution in [0.25, 0.3) is 10.8 Å². The first-order valence-electron chi connectivity index (χ1n) is 6.16. The van der Waals surface area contributed by atoms with E-state index in [0.717, 1.165) is 22.9 Å². The standard InChI is InChI=1S/C15H17NO2/c1-3-11(2)18-15(17)16-14-10-6-8-12-7-4-5-9-13(12)14/h4-11H,3H2,1-2H3,(H,16,17)/t11-/m1/s1. The van der Waals surface area contributed by atoms with E-state index in [0.29, 0.717) is 0 Å². The Morgan fingerprint density at radius 2 is 1.94 bits per heavy atom. The number of anilines is 1. The van der Waals surface area contributed by atoms with Gasteiger partial charge in [-0.2, -0.15) is 0 Å². The van der Waals surface area contributed by atoms with Gasteiger partial charge in [-0.25, -0.2) is 4.79 Å². The normalized spacial score (nSPS) is 12.1. The summed E-state index contributed by atoms with van der Waals surface area (Å²) in [6.07, 6.45) is 0.337. The van der Waals surface area contributed by atoms with E-state index in [4.69, 9.17) is 4.74 Å². The zero-order valence-electron chi connectivity index (χ0n) is 10.6. The summed E-state index contributed by atoms with van der Waals surface area (Å²) in [7, 11) is 0. The van der Waals surface area contributed by atoms with Gasteiger partial charge in [-0.3, -0.25) is 5.32 Å². The van der Waals surface area contributed by atoms with Crippen molar-refractivity contribution in [1.29, 1.82) is 0 Å². The molecule has 0 aliphatic rings. The predicted octanol–water partition coefficient (Wildman–Crippen LogP) is 4.19. The average Bonchev–Trinajstić information content (AvgIpc) is 2.39. The molecule has 1 N–H and O–H groups in total. The van der Waals surface area contributed by atoms with Crippen molar-refractivity contribution in [2.24, 2.45) is 0 Å². The molecule has 2 rings (SSSR count). The summed E-state index contributed by atoms with van der Waals surface area (Å²) >= 11 is 0. The molecule has 0 bridgehead atoms. The molecule has 0 unspecified atom stereocenters. The van der Waals surface area contributed by atoms with Crippen molar-refractivity contribution in [1.82, 2.24) is 0 Å². The number of rotatable bonds is 3. The lowest BCUT2D eigenvalue weighted by molar-refractivity contribution is 0.118. The van der Waals surface area contributed by atoms with E-state index in [1.165, 1.54) is 0 Å². The van der Waals surface area contributed by atoms with Gasteiger partial charge in [-0.05, 0) is 24.8 Å². The van der Waals surface area contributed by atoms with Gasteiger partial charge in [-0.1, -0.05) is 43.3 Å². The van der Waals surface area contributed by atoms with Gasteiger partial charge in [0.15, 0.2) is 0 Å². The van der Waals surface area contributed by atoms with E-state index < -0.39 is 6.09 Å². The minimum Gasteiger partial charge on any atom is -0.446 e. The van der Waals surface area contributed by atoms with Crippen LogP contribution in [0.1, 0.15) is 20.3 Å². The molecule has 0 fully saturated rings. The number of hydrogen-bond donors (Lipinski definition) is 1. The van der Waals surface area contributed by atoms with E-state index >= 15 is 0 Å². The first-order chi connectivity index (χ1) is 8.70. The van der Waals surface area contributed by atoms with Crippen molar-refractivity contribution in [2.75, 3.05) is 5.32 Å². The maximum Gasteiger partial charge on any atom is 0.411 e. The van der Waals surface area contributed by atoms with Crippen LogP contribution in [0.15, 0.2) is 42.5 Å². The first-order valence-corrected chi connectivity index (χ1v) is 6.16. The Hall–Kier alpha value is -2.03. The lowest BCUT2D eigenvalue weighted by Crippen LogP contribution is -2.19. The van der Waals surface area contributed by atoms with Crippen LogP contribution in [-0.4, -0.2) is 12.2 Å². The molecule has 1 amide bonds. The molecule has 0 aromatic heterocycles. The molecule has 94 valence electrons. The molecule has 0 saturated heterocycles. The molecular weight excluding hydrogens is 226 g/mol. The second kappa shape index (κ2) is 5.54. The number of carbonyl (C=O) groups is 1. The molecule has 2 aromatic carbocycles. The van der Waals surface area contributed by atoms with Gasteiger partial charge in [0, 0.05) is 5.39 Å². The second-order valence-corrected chi connectivity index (χ2v) is 4.28. The molecule has 2 aromatic rings. The van der Waals surface area contributed by atoms with Crippen molar-refractivity contribution in [3.63, 3.8) is 0 Å².